The van der Waals surface area contributed by atoms with Gasteiger partial charge in [0.25, 0.3) is 0 Å². The van der Waals surface area contributed by atoms with Crippen molar-refractivity contribution in [3.8, 4) is 0 Å². The van der Waals surface area contributed by atoms with Crippen LogP contribution in [0.4, 0.5) is 4.39 Å². The number of nitrogens with zero attached hydrogens (tertiary/aromatic N) is 1. The van der Waals surface area contributed by atoms with Crippen molar-refractivity contribution in [3.05, 3.63) is 35.6 Å². The van der Waals surface area contributed by atoms with E-state index in [-0.39, 0.29) is 11.9 Å². The van der Waals surface area contributed by atoms with Gasteiger partial charge in [0.1, 0.15) is 5.82 Å². The van der Waals surface area contributed by atoms with Gasteiger partial charge >= 0.3 is 0 Å². The van der Waals surface area contributed by atoms with Crippen molar-refractivity contribution in [1.29, 1.82) is 0 Å². The molecule has 0 aliphatic heterocycles. The molecule has 0 aromatic heterocycles. The third-order valence-electron chi connectivity index (χ3n) is 4.02. The summed E-state index contributed by atoms with van der Waals surface area (Å²) in [6.07, 6.45) is 5.11. The first-order valence-electron chi connectivity index (χ1n) is 6.97. The molecule has 1 aromatic rings. The third kappa shape index (κ3) is 2.90. The molecule has 0 heterocycles. The van der Waals surface area contributed by atoms with Gasteiger partial charge in [0.15, 0.2) is 0 Å². The second-order valence-corrected chi connectivity index (χ2v) is 5.08. The Balaban J connectivity index is 2.19. The molecule has 1 unspecified atom stereocenters. The molecule has 0 radical (unpaired) electrons. The summed E-state index contributed by atoms with van der Waals surface area (Å²) in [5.74, 6) is -0.173. The predicted octanol–water partition coefficient (Wildman–Crippen LogP) is 3.09. The van der Waals surface area contributed by atoms with Crippen molar-refractivity contribution < 1.29 is 4.39 Å². The quantitative estimate of drug-likeness (QED) is 0.870. The molecule has 1 aromatic carbocycles. The van der Waals surface area contributed by atoms with Crippen molar-refractivity contribution in [1.82, 2.24) is 4.90 Å². The van der Waals surface area contributed by atoms with Gasteiger partial charge in [0.2, 0.25) is 0 Å². The molecule has 1 aliphatic rings. The average molecular weight is 250 g/mol. The lowest BCUT2D eigenvalue weighted by Gasteiger charge is -2.35. The van der Waals surface area contributed by atoms with Crippen molar-refractivity contribution in [2.24, 2.45) is 5.73 Å². The molecule has 2 N–H and O–H groups in total. The molecule has 1 aliphatic carbocycles. The fourth-order valence-corrected chi connectivity index (χ4v) is 3.15. The molecule has 2 nitrogen and oxygen atoms in total. The van der Waals surface area contributed by atoms with Crippen LogP contribution in [0, 0.1) is 5.82 Å². The molecule has 18 heavy (non-hydrogen) atoms. The normalized spacial score (nSPS) is 18.4. The van der Waals surface area contributed by atoms with Crippen LogP contribution in [0.2, 0.25) is 0 Å². The second-order valence-electron chi connectivity index (χ2n) is 5.08. The fraction of sp³-hybridized carbons (Fsp3) is 0.600. The first-order valence-corrected chi connectivity index (χ1v) is 6.97. The first kappa shape index (κ1) is 13.5. The average Bonchev–Trinajstić information content (AvgIpc) is 2.89. The minimum Gasteiger partial charge on any atom is -0.329 e. The van der Waals surface area contributed by atoms with Crippen LogP contribution >= 0.6 is 0 Å². The lowest BCUT2D eigenvalue weighted by molar-refractivity contribution is 0.147. The SMILES string of the molecule is CCN(C1CCCC1)C(CN)c1cccc(F)c1. The summed E-state index contributed by atoms with van der Waals surface area (Å²) in [6, 6.07) is 7.63. The number of hydrogen-bond donors (Lipinski definition) is 1. The molecular weight excluding hydrogens is 227 g/mol. The second kappa shape index (κ2) is 6.30. The van der Waals surface area contributed by atoms with E-state index in [2.05, 4.69) is 11.8 Å². The lowest BCUT2D eigenvalue weighted by atomic mass is 10.0. The molecule has 0 spiro atoms. The maximum atomic E-state index is 13.3. The minimum atomic E-state index is -0.173. The van der Waals surface area contributed by atoms with Gasteiger partial charge < -0.3 is 5.73 Å². The van der Waals surface area contributed by atoms with Crippen LogP contribution in [0.25, 0.3) is 0 Å². The Bertz CT molecular complexity index is 375. The first-order chi connectivity index (χ1) is 8.76. The summed E-state index contributed by atoms with van der Waals surface area (Å²) in [6.45, 7) is 3.69. The Morgan fingerprint density at radius 1 is 1.39 bits per heavy atom. The maximum absolute atomic E-state index is 13.3. The molecule has 3 heteroatoms. The fourth-order valence-electron chi connectivity index (χ4n) is 3.15. The predicted molar refractivity (Wildman–Crippen MR) is 72.8 cm³/mol. The molecule has 100 valence electrons. The van der Waals surface area contributed by atoms with E-state index in [1.165, 1.54) is 31.7 Å². The van der Waals surface area contributed by atoms with E-state index in [1.54, 1.807) is 12.1 Å². The van der Waals surface area contributed by atoms with Gasteiger partial charge in [0.05, 0.1) is 0 Å². The Morgan fingerprint density at radius 2 is 2.11 bits per heavy atom. The van der Waals surface area contributed by atoms with Crippen molar-refractivity contribution in [2.45, 2.75) is 44.7 Å². The molecule has 0 bridgehead atoms. The highest BCUT2D eigenvalue weighted by molar-refractivity contribution is 5.21. The zero-order valence-electron chi connectivity index (χ0n) is 11.1. The summed E-state index contributed by atoms with van der Waals surface area (Å²) in [4.78, 5) is 2.45. The van der Waals surface area contributed by atoms with E-state index in [1.807, 2.05) is 6.07 Å². The molecule has 1 saturated carbocycles. The van der Waals surface area contributed by atoms with Gasteiger partial charge in [-0.05, 0) is 37.1 Å². The maximum Gasteiger partial charge on any atom is 0.123 e. The topological polar surface area (TPSA) is 29.3 Å². The summed E-state index contributed by atoms with van der Waals surface area (Å²) >= 11 is 0. The Morgan fingerprint density at radius 3 is 2.67 bits per heavy atom. The van der Waals surface area contributed by atoms with Gasteiger partial charge in [0, 0.05) is 18.6 Å². The lowest BCUT2D eigenvalue weighted by Crippen LogP contribution is -2.40. The largest absolute Gasteiger partial charge is 0.329 e. The van der Waals surface area contributed by atoms with Gasteiger partial charge in [-0.1, -0.05) is 31.9 Å². The molecule has 2 rings (SSSR count). The van der Waals surface area contributed by atoms with E-state index in [0.29, 0.717) is 12.6 Å². The van der Waals surface area contributed by atoms with Gasteiger partial charge in [-0.3, -0.25) is 4.90 Å². The summed E-state index contributed by atoms with van der Waals surface area (Å²) in [7, 11) is 0. The van der Waals surface area contributed by atoms with Crippen LogP contribution in [-0.2, 0) is 0 Å². The van der Waals surface area contributed by atoms with Crippen molar-refractivity contribution in [2.75, 3.05) is 13.1 Å². The van der Waals surface area contributed by atoms with Crippen LogP contribution in [0.15, 0.2) is 24.3 Å². The van der Waals surface area contributed by atoms with E-state index >= 15 is 0 Å². The standard InChI is InChI=1S/C15H23FN2/c1-2-18(14-8-3-4-9-14)15(11-17)12-6-5-7-13(16)10-12/h5-7,10,14-15H,2-4,8-9,11,17H2,1H3. The van der Waals surface area contributed by atoms with E-state index in [0.717, 1.165) is 12.1 Å². The summed E-state index contributed by atoms with van der Waals surface area (Å²) in [5.41, 5.74) is 6.94. The number of nitrogens with two attached hydrogens (primary N) is 1. The van der Waals surface area contributed by atoms with Crippen LogP contribution in [-0.4, -0.2) is 24.0 Å². The number of likely N-dealkylation sites (N-methyl/N-ethyl adjacent to an activating group) is 1. The molecule has 1 fully saturated rings. The third-order valence-corrected chi connectivity index (χ3v) is 4.02. The monoisotopic (exact) mass is 250 g/mol. The smallest absolute Gasteiger partial charge is 0.123 e. The zero-order chi connectivity index (χ0) is 13.0. The van der Waals surface area contributed by atoms with Crippen LogP contribution in [0.3, 0.4) is 0 Å². The number of hydrogen-bond acceptors (Lipinski definition) is 2. The van der Waals surface area contributed by atoms with Crippen LogP contribution < -0.4 is 5.73 Å². The van der Waals surface area contributed by atoms with E-state index < -0.39 is 0 Å². The highest BCUT2D eigenvalue weighted by Gasteiger charge is 2.27. The number of benzene rings is 1. The van der Waals surface area contributed by atoms with E-state index in [9.17, 15) is 4.39 Å². The van der Waals surface area contributed by atoms with Gasteiger partial charge in [-0.25, -0.2) is 4.39 Å². The Labute approximate surface area is 109 Å². The zero-order valence-corrected chi connectivity index (χ0v) is 11.1. The number of rotatable bonds is 5. The highest BCUT2D eigenvalue weighted by atomic mass is 19.1. The summed E-state index contributed by atoms with van der Waals surface area (Å²) < 4.78 is 13.3. The summed E-state index contributed by atoms with van der Waals surface area (Å²) in [5, 5.41) is 0. The Hall–Kier alpha value is -0.930. The van der Waals surface area contributed by atoms with Crippen molar-refractivity contribution in [3.63, 3.8) is 0 Å². The molecule has 0 saturated heterocycles. The minimum absolute atomic E-state index is 0.147. The van der Waals surface area contributed by atoms with Crippen molar-refractivity contribution >= 4 is 0 Å². The Kier molecular flexibility index (Phi) is 4.72. The van der Waals surface area contributed by atoms with Crippen LogP contribution in [0.5, 0.6) is 0 Å². The van der Waals surface area contributed by atoms with Gasteiger partial charge in [-0.2, -0.15) is 0 Å². The number of halogens is 1. The molecular formula is C15H23FN2. The van der Waals surface area contributed by atoms with E-state index in [4.69, 9.17) is 5.73 Å². The van der Waals surface area contributed by atoms with Crippen LogP contribution in [0.1, 0.15) is 44.2 Å². The highest BCUT2D eigenvalue weighted by Crippen LogP contribution is 2.30. The van der Waals surface area contributed by atoms with Gasteiger partial charge in [-0.15, -0.1) is 0 Å². The molecule has 1 atom stereocenters. The molecule has 0 amide bonds.